The molecule has 1 aliphatic heterocycles. The Morgan fingerprint density at radius 1 is 0.939 bits per heavy atom. The number of rotatable bonds is 5. The number of aromatic nitrogens is 2. The number of anilines is 1. The molecule has 3 aromatic rings. The van der Waals surface area contributed by atoms with Crippen LogP contribution >= 0.6 is 15.9 Å². The number of likely N-dealkylation sites (N-methyl/N-ethyl adjacent to an activating group) is 1. The van der Waals surface area contributed by atoms with Crippen molar-refractivity contribution in [3.63, 3.8) is 0 Å². The second kappa shape index (κ2) is 9.94. The minimum atomic E-state index is 0.925. The van der Waals surface area contributed by atoms with Crippen molar-refractivity contribution in [2.45, 2.75) is 12.8 Å². The summed E-state index contributed by atoms with van der Waals surface area (Å²) >= 11 is 3.77. The lowest BCUT2D eigenvalue weighted by Crippen LogP contribution is -2.28. The lowest BCUT2D eigenvalue weighted by Gasteiger charge is -2.23. The van der Waals surface area contributed by atoms with Gasteiger partial charge in [0, 0.05) is 29.8 Å². The Bertz CT molecular complexity index is 1220. The van der Waals surface area contributed by atoms with Crippen molar-refractivity contribution in [3.8, 4) is 0 Å². The summed E-state index contributed by atoms with van der Waals surface area (Å²) in [7, 11) is 2.20. The number of halogens is 1. The molecular weight excluding hydrogens is 472 g/mol. The highest BCUT2D eigenvalue weighted by molar-refractivity contribution is 9.10. The fourth-order valence-electron chi connectivity index (χ4n) is 4.42. The van der Waals surface area contributed by atoms with E-state index >= 15 is 0 Å². The Morgan fingerprint density at radius 3 is 2.79 bits per heavy atom. The average Bonchev–Trinajstić information content (AvgIpc) is 3.42. The molecule has 0 atom stereocenters. The molecule has 33 heavy (non-hydrogen) atoms. The number of hydrogen-bond acceptors (Lipinski definition) is 3. The minimum absolute atomic E-state index is 0.925. The largest absolute Gasteiger partial charge is 0.370 e. The average molecular weight is 501 g/mol. The van der Waals surface area contributed by atoms with Crippen molar-refractivity contribution in [3.05, 3.63) is 86.7 Å². The van der Waals surface area contributed by atoms with Gasteiger partial charge in [0.15, 0.2) is 0 Å². The summed E-state index contributed by atoms with van der Waals surface area (Å²) in [5, 5.41) is 7.55. The van der Waals surface area contributed by atoms with Gasteiger partial charge >= 0.3 is 0 Å². The second-order valence-corrected chi connectivity index (χ2v) is 9.68. The molecular formula is C28H29BrN4. The standard InChI is InChI=1S/C28H29BrN4/c1-32-14-3-15-33(17-16-32)27-13-10-23(28(29)20-27)9-12-26-19-25(30-31-26)11-7-21-6-8-22-4-2-5-24(22)18-21/h2,4,6-13,18-20H,3,5,14-17H2,1H3,(H,30,31)/b11-7+,12-9+. The summed E-state index contributed by atoms with van der Waals surface area (Å²) in [6.45, 7) is 4.47. The summed E-state index contributed by atoms with van der Waals surface area (Å²) in [6, 6.07) is 15.3. The van der Waals surface area contributed by atoms with Crippen LogP contribution in [-0.2, 0) is 6.42 Å². The molecule has 0 bridgehead atoms. The highest BCUT2D eigenvalue weighted by Gasteiger charge is 2.13. The van der Waals surface area contributed by atoms with Crippen LogP contribution in [0.15, 0.2) is 53.0 Å². The zero-order valence-electron chi connectivity index (χ0n) is 19.0. The third kappa shape index (κ3) is 5.37. The molecule has 2 heterocycles. The number of fused-ring (bicyclic) bond motifs is 1. The lowest BCUT2D eigenvalue weighted by molar-refractivity contribution is 0.360. The number of nitrogens with one attached hydrogen (secondary N) is 1. The molecule has 1 aliphatic carbocycles. The predicted octanol–water partition coefficient (Wildman–Crippen LogP) is 6.22. The maximum absolute atomic E-state index is 4.43. The molecule has 0 spiro atoms. The van der Waals surface area contributed by atoms with E-state index in [9.17, 15) is 0 Å². The van der Waals surface area contributed by atoms with E-state index in [1.165, 1.54) is 35.3 Å². The fraction of sp³-hybridized carbons (Fsp3) is 0.250. The number of hydrogen-bond donors (Lipinski definition) is 1. The molecule has 1 fully saturated rings. The van der Waals surface area contributed by atoms with Gasteiger partial charge in [-0.05, 0) is 79.0 Å². The summed E-state index contributed by atoms with van der Waals surface area (Å²) in [6.07, 6.45) is 15.0. The Hall–Kier alpha value is -2.89. The number of H-pyrrole nitrogens is 1. The van der Waals surface area contributed by atoms with Crippen LogP contribution in [0.5, 0.6) is 0 Å². The zero-order valence-corrected chi connectivity index (χ0v) is 20.6. The maximum atomic E-state index is 4.43. The Balaban J connectivity index is 1.23. The van der Waals surface area contributed by atoms with Gasteiger partial charge in [0.1, 0.15) is 0 Å². The van der Waals surface area contributed by atoms with Crippen molar-refractivity contribution >= 4 is 52.0 Å². The molecule has 0 radical (unpaired) electrons. The molecule has 4 nitrogen and oxygen atoms in total. The molecule has 2 aliphatic rings. The van der Waals surface area contributed by atoms with Crippen LogP contribution in [0.3, 0.4) is 0 Å². The van der Waals surface area contributed by atoms with Gasteiger partial charge in [-0.3, -0.25) is 5.10 Å². The molecule has 2 aromatic carbocycles. The van der Waals surface area contributed by atoms with Crippen LogP contribution in [0.2, 0.25) is 0 Å². The first kappa shape index (κ1) is 21.9. The molecule has 0 saturated carbocycles. The van der Waals surface area contributed by atoms with Crippen molar-refractivity contribution in [2.24, 2.45) is 0 Å². The molecule has 1 saturated heterocycles. The second-order valence-electron chi connectivity index (χ2n) is 8.83. The third-order valence-corrected chi connectivity index (χ3v) is 7.06. The van der Waals surface area contributed by atoms with Crippen LogP contribution < -0.4 is 4.90 Å². The van der Waals surface area contributed by atoms with Crippen LogP contribution in [-0.4, -0.2) is 48.3 Å². The molecule has 5 rings (SSSR count). The molecule has 0 amide bonds. The fourth-order valence-corrected chi connectivity index (χ4v) is 4.92. The van der Waals surface area contributed by atoms with E-state index in [1.807, 2.05) is 0 Å². The van der Waals surface area contributed by atoms with E-state index in [4.69, 9.17) is 0 Å². The van der Waals surface area contributed by atoms with Gasteiger partial charge in [0.25, 0.3) is 0 Å². The van der Waals surface area contributed by atoms with Gasteiger partial charge < -0.3 is 9.80 Å². The molecule has 1 N–H and O–H groups in total. The van der Waals surface area contributed by atoms with E-state index in [0.29, 0.717) is 0 Å². The molecule has 5 heteroatoms. The van der Waals surface area contributed by atoms with Crippen molar-refractivity contribution < 1.29 is 0 Å². The Morgan fingerprint density at radius 2 is 1.88 bits per heavy atom. The summed E-state index contributed by atoms with van der Waals surface area (Å²) < 4.78 is 1.11. The van der Waals surface area contributed by atoms with Gasteiger partial charge in [-0.1, -0.05) is 64.5 Å². The van der Waals surface area contributed by atoms with Crippen LogP contribution in [0, 0.1) is 0 Å². The molecule has 168 valence electrons. The number of benzene rings is 2. The SMILES string of the molecule is CN1CCCN(c2ccc(/C=C/c3cc(/C=C/c4ccc5c(c4)CC=C5)n[nH]3)c(Br)c2)CC1. The number of nitrogens with zero attached hydrogens (tertiary/aromatic N) is 3. The van der Waals surface area contributed by atoms with Gasteiger partial charge in [0.2, 0.25) is 0 Å². The van der Waals surface area contributed by atoms with E-state index in [0.717, 1.165) is 47.5 Å². The maximum Gasteiger partial charge on any atom is 0.0854 e. The van der Waals surface area contributed by atoms with Gasteiger partial charge in [-0.25, -0.2) is 0 Å². The van der Waals surface area contributed by atoms with Gasteiger partial charge in [-0.15, -0.1) is 0 Å². The Labute approximate surface area is 204 Å². The molecule has 0 unspecified atom stereocenters. The van der Waals surface area contributed by atoms with E-state index in [-0.39, 0.29) is 0 Å². The van der Waals surface area contributed by atoms with Crippen LogP contribution in [0.4, 0.5) is 5.69 Å². The summed E-state index contributed by atoms with van der Waals surface area (Å²) in [4.78, 5) is 4.88. The Kier molecular flexibility index (Phi) is 6.60. The number of aromatic amines is 1. The monoisotopic (exact) mass is 500 g/mol. The quantitative estimate of drug-likeness (QED) is 0.451. The first-order valence-electron chi connectivity index (χ1n) is 11.6. The third-order valence-electron chi connectivity index (χ3n) is 6.38. The van der Waals surface area contributed by atoms with E-state index in [1.54, 1.807) is 0 Å². The normalized spacial score (nSPS) is 16.7. The first-order valence-corrected chi connectivity index (χ1v) is 12.4. The van der Waals surface area contributed by atoms with Gasteiger partial charge in [0.05, 0.1) is 11.4 Å². The summed E-state index contributed by atoms with van der Waals surface area (Å²) in [5.41, 5.74) is 8.28. The number of allylic oxidation sites excluding steroid dienone is 1. The topological polar surface area (TPSA) is 35.2 Å². The highest BCUT2D eigenvalue weighted by atomic mass is 79.9. The minimum Gasteiger partial charge on any atom is -0.370 e. The summed E-state index contributed by atoms with van der Waals surface area (Å²) in [5.74, 6) is 0. The van der Waals surface area contributed by atoms with Crippen molar-refractivity contribution in [1.82, 2.24) is 15.1 Å². The smallest absolute Gasteiger partial charge is 0.0854 e. The lowest BCUT2D eigenvalue weighted by atomic mass is 10.1. The van der Waals surface area contributed by atoms with Crippen molar-refractivity contribution in [2.75, 3.05) is 38.1 Å². The highest BCUT2D eigenvalue weighted by Crippen LogP contribution is 2.27. The van der Waals surface area contributed by atoms with Gasteiger partial charge in [-0.2, -0.15) is 5.10 Å². The van der Waals surface area contributed by atoms with Crippen molar-refractivity contribution in [1.29, 1.82) is 0 Å². The van der Waals surface area contributed by atoms with Crippen LogP contribution in [0.1, 0.15) is 40.1 Å². The van der Waals surface area contributed by atoms with E-state index < -0.39 is 0 Å². The zero-order chi connectivity index (χ0) is 22.6. The van der Waals surface area contributed by atoms with Crippen LogP contribution in [0.25, 0.3) is 30.4 Å². The van der Waals surface area contributed by atoms with E-state index in [2.05, 4.69) is 122 Å². The molecule has 1 aromatic heterocycles. The first-order chi connectivity index (χ1) is 16.1. The predicted molar refractivity (Wildman–Crippen MR) is 144 cm³/mol.